The number of hydrogen-bond acceptors (Lipinski definition) is 3. The number of benzene rings is 1. The normalized spacial score (nSPS) is 30.6. The Kier molecular flexibility index (Phi) is 3.77. The van der Waals surface area contributed by atoms with Gasteiger partial charge in [-0.05, 0) is 31.5 Å². The predicted octanol–water partition coefficient (Wildman–Crippen LogP) is 3.48. The van der Waals surface area contributed by atoms with Crippen molar-refractivity contribution in [1.29, 1.82) is 5.26 Å². The Labute approximate surface area is 113 Å². The van der Waals surface area contributed by atoms with Crippen molar-refractivity contribution in [3.8, 4) is 6.07 Å². The summed E-state index contributed by atoms with van der Waals surface area (Å²) in [6.07, 6.45) is 2.06. The predicted molar refractivity (Wildman–Crippen MR) is 72.2 cm³/mol. The molecule has 1 saturated heterocycles. The van der Waals surface area contributed by atoms with Gasteiger partial charge in [0, 0.05) is 18.5 Å². The van der Waals surface area contributed by atoms with E-state index in [9.17, 15) is 9.65 Å². The molecule has 1 aliphatic heterocycles. The van der Waals surface area contributed by atoms with Crippen molar-refractivity contribution in [3.05, 3.63) is 30.1 Å². The van der Waals surface area contributed by atoms with E-state index in [1.807, 2.05) is 6.92 Å². The number of nitriles is 1. The largest absolute Gasteiger partial charge is 0.375 e. The van der Waals surface area contributed by atoms with Crippen LogP contribution in [0, 0.1) is 17.1 Å². The number of nitrogens with zero attached hydrogens (tertiary/aromatic N) is 1. The van der Waals surface area contributed by atoms with Gasteiger partial charge in [0.05, 0.1) is 18.3 Å². The van der Waals surface area contributed by atoms with Gasteiger partial charge in [-0.3, -0.25) is 0 Å². The van der Waals surface area contributed by atoms with E-state index in [2.05, 4.69) is 18.3 Å². The third kappa shape index (κ3) is 3.05. The van der Waals surface area contributed by atoms with Gasteiger partial charge < -0.3 is 10.1 Å². The molecule has 0 amide bonds. The quantitative estimate of drug-likeness (QED) is 0.907. The number of rotatable bonds is 3. The molecule has 2 rings (SSSR count). The fourth-order valence-corrected chi connectivity index (χ4v) is 2.55. The molecule has 4 heteroatoms. The van der Waals surface area contributed by atoms with Gasteiger partial charge in [0.1, 0.15) is 11.4 Å². The van der Waals surface area contributed by atoms with Gasteiger partial charge in [-0.15, -0.1) is 0 Å². The lowest BCUT2D eigenvalue weighted by molar-refractivity contribution is -0.0809. The average Bonchev–Trinajstić information content (AvgIpc) is 2.39. The number of anilines is 1. The van der Waals surface area contributed by atoms with E-state index in [0.717, 1.165) is 6.42 Å². The Morgan fingerprint density at radius 3 is 2.95 bits per heavy atom. The molecule has 0 aromatic heterocycles. The Balaban J connectivity index is 2.22. The van der Waals surface area contributed by atoms with Gasteiger partial charge in [-0.1, -0.05) is 13.0 Å². The third-order valence-electron chi connectivity index (χ3n) is 3.83. The summed E-state index contributed by atoms with van der Waals surface area (Å²) in [5, 5.41) is 12.7. The van der Waals surface area contributed by atoms with Crippen molar-refractivity contribution in [3.63, 3.8) is 0 Å². The Hall–Kier alpha value is -1.60. The number of nitrogens with one attached hydrogen (secondary N) is 1. The summed E-state index contributed by atoms with van der Waals surface area (Å²) in [4.78, 5) is 0. The smallest absolute Gasteiger partial charge is 0.130 e. The zero-order chi connectivity index (χ0) is 13.9. The van der Waals surface area contributed by atoms with Crippen LogP contribution in [0.3, 0.4) is 0 Å². The summed E-state index contributed by atoms with van der Waals surface area (Å²) >= 11 is 0. The lowest BCUT2D eigenvalue weighted by Gasteiger charge is -2.43. The van der Waals surface area contributed by atoms with Gasteiger partial charge in [-0.2, -0.15) is 5.26 Å². The summed E-state index contributed by atoms with van der Waals surface area (Å²) in [6, 6.07) is 8.59. The molecular weight excluding hydrogens is 243 g/mol. The van der Waals surface area contributed by atoms with Crippen LogP contribution >= 0.6 is 0 Å². The second kappa shape index (κ2) is 5.18. The Morgan fingerprint density at radius 2 is 2.32 bits per heavy atom. The highest BCUT2D eigenvalue weighted by molar-refractivity contribution is 5.48. The zero-order valence-electron chi connectivity index (χ0n) is 11.4. The topological polar surface area (TPSA) is 45.0 Å². The van der Waals surface area contributed by atoms with Crippen LogP contribution in [-0.2, 0) is 4.74 Å². The van der Waals surface area contributed by atoms with Gasteiger partial charge in [0.2, 0.25) is 0 Å². The summed E-state index contributed by atoms with van der Waals surface area (Å²) in [5.74, 6) is -0.302. The fraction of sp³-hybridized carbons (Fsp3) is 0.533. The molecule has 0 saturated carbocycles. The van der Waals surface area contributed by atoms with Crippen LogP contribution in [0.5, 0.6) is 0 Å². The van der Waals surface area contributed by atoms with Crippen LogP contribution in [0.2, 0.25) is 0 Å². The summed E-state index contributed by atoms with van der Waals surface area (Å²) in [7, 11) is 0. The minimum atomic E-state index is -0.684. The van der Waals surface area contributed by atoms with Gasteiger partial charge in [-0.25, -0.2) is 4.39 Å². The van der Waals surface area contributed by atoms with Crippen molar-refractivity contribution in [2.24, 2.45) is 0 Å². The fourth-order valence-electron chi connectivity index (χ4n) is 2.55. The third-order valence-corrected chi connectivity index (χ3v) is 3.83. The highest BCUT2D eigenvalue weighted by Crippen LogP contribution is 2.36. The van der Waals surface area contributed by atoms with Crippen molar-refractivity contribution < 1.29 is 9.13 Å². The molecule has 1 aliphatic rings. The van der Waals surface area contributed by atoms with E-state index < -0.39 is 5.54 Å². The van der Waals surface area contributed by atoms with Crippen LogP contribution in [0.4, 0.5) is 10.1 Å². The van der Waals surface area contributed by atoms with Gasteiger partial charge in [0.15, 0.2) is 0 Å². The van der Waals surface area contributed by atoms with E-state index >= 15 is 0 Å². The van der Waals surface area contributed by atoms with Crippen molar-refractivity contribution in [2.45, 2.75) is 44.2 Å². The minimum absolute atomic E-state index is 0.297. The molecule has 2 unspecified atom stereocenters. The average molecular weight is 262 g/mol. The second-order valence-corrected chi connectivity index (χ2v) is 5.41. The maximum absolute atomic E-state index is 13.2. The van der Waals surface area contributed by atoms with Gasteiger partial charge in [0.25, 0.3) is 0 Å². The minimum Gasteiger partial charge on any atom is -0.375 e. The molecule has 1 aromatic carbocycles. The molecule has 0 aliphatic carbocycles. The standard InChI is InChI=1S/C15H19FN2O/c1-3-14(2)10-15(11-17,7-8-19-14)18-13-6-4-5-12(16)9-13/h4-6,9,18H,3,7-8,10H2,1-2H3. The van der Waals surface area contributed by atoms with Crippen molar-refractivity contribution in [1.82, 2.24) is 0 Å². The Morgan fingerprint density at radius 1 is 1.53 bits per heavy atom. The van der Waals surface area contributed by atoms with E-state index in [-0.39, 0.29) is 11.4 Å². The van der Waals surface area contributed by atoms with E-state index in [4.69, 9.17) is 4.74 Å². The van der Waals surface area contributed by atoms with Crippen molar-refractivity contribution in [2.75, 3.05) is 11.9 Å². The van der Waals surface area contributed by atoms with E-state index in [0.29, 0.717) is 25.1 Å². The molecule has 1 heterocycles. The molecular formula is C15H19FN2O. The number of halogens is 1. The Bertz CT molecular complexity index is 499. The molecule has 19 heavy (non-hydrogen) atoms. The lowest BCUT2D eigenvalue weighted by Crippen LogP contribution is -2.50. The summed E-state index contributed by atoms with van der Waals surface area (Å²) in [5.41, 5.74) is -0.340. The monoisotopic (exact) mass is 262 g/mol. The first kappa shape index (κ1) is 13.8. The zero-order valence-corrected chi connectivity index (χ0v) is 11.4. The van der Waals surface area contributed by atoms with Crippen LogP contribution < -0.4 is 5.32 Å². The summed E-state index contributed by atoms with van der Waals surface area (Å²) < 4.78 is 19.0. The molecule has 2 atom stereocenters. The van der Waals surface area contributed by atoms with E-state index in [1.54, 1.807) is 12.1 Å². The molecule has 0 spiro atoms. The highest BCUT2D eigenvalue weighted by Gasteiger charge is 2.42. The molecule has 1 N–H and O–H groups in total. The SMILES string of the molecule is CCC1(C)CC(C#N)(Nc2cccc(F)c2)CCO1. The van der Waals surface area contributed by atoms with Crippen LogP contribution in [0.15, 0.2) is 24.3 Å². The molecule has 102 valence electrons. The van der Waals surface area contributed by atoms with Crippen LogP contribution in [0.1, 0.15) is 33.1 Å². The van der Waals surface area contributed by atoms with E-state index in [1.165, 1.54) is 12.1 Å². The molecule has 0 bridgehead atoms. The highest BCUT2D eigenvalue weighted by atomic mass is 19.1. The maximum Gasteiger partial charge on any atom is 0.130 e. The molecule has 1 fully saturated rings. The van der Waals surface area contributed by atoms with Crippen molar-refractivity contribution >= 4 is 5.69 Å². The molecule has 1 aromatic rings. The first-order chi connectivity index (χ1) is 9.01. The van der Waals surface area contributed by atoms with Crippen LogP contribution in [-0.4, -0.2) is 17.7 Å². The maximum atomic E-state index is 13.2. The lowest BCUT2D eigenvalue weighted by atomic mass is 9.80. The first-order valence-corrected chi connectivity index (χ1v) is 6.60. The molecule has 3 nitrogen and oxygen atoms in total. The number of ether oxygens (including phenoxy) is 1. The second-order valence-electron chi connectivity index (χ2n) is 5.41. The summed E-state index contributed by atoms with van der Waals surface area (Å²) in [6.45, 7) is 4.61. The first-order valence-electron chi connectivity index (χ1n) is 6.60. The number of hydrogen-bond donors (Lipinski definition) is 1. The van der Waals surface area contributed by atoms with Crippen LogP contribution in [0.25, 0.3) is 0 Å². The van der Waals surface area contributed by atoms with Gasteiger partial charge >= 0.3 is 0 Å². The molecule has 0 radical (unpaired) electrons.